The van der Waals surface area contributed by atoms with Gasteiger partial charge < -0.3 is 15.3 Å². The third kappa shape index (κ3) is 3.44. The van der Waals surface area contributed by atoms with Gasteiger partial charge in [-0.15, -0.1) is 0 Å². The lowest BCUT2D eigenvalue weighted by Gasteiger charge is -2.61. The molecule has 3 nitrogen and oxygen atoms in total. The number of aliphatic hydroxyl groups is 3. The van der Waals surface area contributed by atoms with Crippen LogP contribution >= 0.6 is 0 Å². The van der Waals surface area contributed by atoms with Gasteiger partial charge in [0.2, 0.25) is 0 Å². The molecule has 0 aromatic rings. The first-order chi connectivity index (χ1) is 14.1. The van der Waals surface area contributed by atoms with Crippen molar-refractivity contribution < 1.29 is 15.3 Å². The highest BCUT2D eigenvalue weighted by Gasteiger charge is 2.63. The zero-order valence-electron chi connectivity index (χ0n) is 19.8. The summed E-state index contributed by atoms with van der Waals surface area (Å²) in [6.45, 7) is 11.4. The standard InChI is InChI=1S/C27H44O3/c1-16(2)7-6-8-17(3)21-11-12-22-20-10-9-18-13-19(28)14-24(30)27(18,5)25(20)23(29)15-26(21,22)4/h7,9,17,19-25,28-30H,6,8,10-15H2,1-5H3/t17-,19-,20+,21-,22+,23-,24+,25-,26-,27-/m1/s1. The minimum Gasteiger partial charge on any atom is -0.393 e. The van der Waals surface area contributed by atoms with E-state index >= 15 is 0 Å². The normalized spacial score (nSPS) is 48.8. The fourth-order valence-corrected chi connectivity index (χ4v) is 8.63. The average molecular weight is 417 g/mol. The van der Waals surface area contributed by atoms with E-state index in [1.54, 1.807) is 0 Å². The van der Waals surface area contributed by atoms with Gasteiger partial charge in [0.25, 0.3) is 0 Å². The van der Waals surface area contributed by atoms with Crippen LogP contribution in [0.25, 0.3) is 0 Å². The molecule has 0 bridgehead atoms. The molecule has 30 heavy (non-hydrogen) atoms. The molecule has 0 amide bonds. The summed E-state index contributed by atoms with van der Waals surface area (Å²) in [5, 5.41) is 32.8. The first-order valence-electron chi connectivity index (χ1n) is 12.5. The Labute approximate surface area is 183 Å². The molecule has 4 aliphatic carbocycles. The number of hydrogen-bond acceptors (Lipinski definition) is 3. The molecule has 0 radical (unpaired) electrons. The van der Waals surface area contributed by atoms with Gasteiger partial charge in [0.15, 0.2) is 0 Å². The Kier molecular flexibility index (Phi) is 6.05. The van der Waals surface area contributed by atoms with Crippen LogP contribution in [0.15, 0.2) is 23.3 Å². The zero-order valence-corrected chi connectivity index (χ0v) is 19.8. The van der Waals surface area contributed by atoms with E-state index in [2.05, 4.69) is 46.8 Å². The molecule has 170 valence electrons. The van der Waals surface area contributed by atoms with Crippen LogP contribution in [0.3, 0.4) is 0 Å². The number of allylic oxidation sites excluding steroid dienone is 3. The number of aliphatic hydroxyl groups excluding tert-OH is 3. The van der Waals surface area contributed by atoms with Crippen molar-refractivity contribution in [3.63, 3.8) is 0 Å². The fraction of sp³-hybridized carbons (Fsp3) is 0.852. The van der Waals surface area contributed by atoms with E-state index in [-0.39, 0.29) is 22.9 Å². The predicted molar refractivity (Wildman–Crippen MR) is 122 cm³/mol. The van der Waals surface area contributed by atoms with E-state index < -0.39 is 12.2 Å². The largest absolute Gasteiger partial charge is 0.393 e. The second-order valence-electron chi connectivity index (χ2n) is 12.0. The monoisotopic (exact) mass is 416 g/mol. The molecule has 0 spiro atoms. The Morgan fingerprint density at radius 2 is 1.93 bits per heavy atom. The lowest BCUT2D eigenvalue weighted by molar-refractivity contribution is -0.159. The molecule has 0 unspecified atom stereocenters. The predicted octanol–water partition coefficient (Wildman–Crippen LogP) is 5.25. The molecule has 3 heteroatoms. The molecule has 0 heterocycles. The summed E-state index contributed by atoms with van der Waals surface area (Å²) >= 11 is 0. The van der Waals surface area contributed by atoms with Crippen LogP contribution in [0.5, 0.6) is 0 Å². The number of rotatable bonds is 4. The quantitative estimate of drug-likeness (QED) is 0.549. The van der Waals surface area contributed by atoms with Gasteiger partial charge >= 0.3 is 0 Å². The summed E-state index contributed by atoms with van der Waals surface area (Å²) in [5.74, 6) is 2.57. The van der Waals surface area contributed by atoms with Gasteiger partial charge in [0, 0.05) is 11.8 Å². The minimum absolute atomic E-state index is 0.123. The summed E-state index contributed by atoms with van der Waals surface area (Å²) in [5.41, 5.74) is 2.42. The number of hydrogen-bond donors (Lipinski definition) is 3. The Hall–Kier alpha value is -0.640. The molecule has 3 saturated carbocycles. The van der Waals surface area contributed by atoms with Gasteiger partial charge in [-0.2, -0.15) is 0 Å². The smallest absolute Gasteiger partial charge is 0.0659 e. The highest BCUT2D eigenvalue weighted by atomic mass is 16.3. The second kappa shape index (κ2) is 8.05. The Morgan fingerprint density at radius 1 is 1.20 bits per heavy atom. The molecule has 3 fully saturated rings. The topological polar surface area (TPSA) is 60.7 Å². The van der Waals surface area contributed by atoms with Crippen LogP contribution in [0, 0.1) is 40.4 Å². The van der Waals surface area contributed by atoms with Gasteiger partial charge in [0.1, 0.15) is 0 Å². The maximum absolute atomic E-state index is 11.5. The number of fused-ring (bicyclic) bond motifs is 5. The van der Waals surface area contributed by atoms with E-state index in [0.29, 0.717) is 36.5 Å². The summed E-state index contributed by atoms with van der Waals surface area (Å²) < 4.78 is 0. The lowest BCUT2D eigenvalue weighted by Crippen LogP contribution is -2.60. The van der Waals surface area contributed by atoms with Crippen molar-refractivity contribution in [2.45, 2.75) is 104 Å². The van der Waals surface area contributed by atoms with E-state index in [4.69, 9.17) is 0 Å². The van der Waals surface area contributed by atoms with E-state index in [0.717, 1.165) is 19.3 Å². The first-order valence-corrected chi connectivity index (χ1v) is 12.5. The van der Waals surface area contributed by atoms with Crippen LogP contribution < -0.4 is 0 Å². The van der Waals surface area contributed by atoms with Crippen molar-refractivity contribution >= 4 is 0 Å². The van der Waals surface area contributed by atoms with Crippen LogP contribution in [0.2, 0.25) is 0 Å². The van der Waals surface area contributed by atoms with E-state index in [1.165, 1.54) is 30.4 Å². The van der Waals surface area contributed by atoms with Crippen molar-refractivity contribution in [1.29, 1.82) is 0 Å². The van der Waals surface area contributed by atoms with Gasteiger partial charge in [-0.25, -0.2) is 0 Å². The summed E-state index contributed by atoms with van der Waals surface area (Å²) in [6.07, 6.45) is 11.3. The zero-order chi connectivity index (χ0) is 21.8. The van der Waals surface area contributed by atoms with Gasteiger partial charge in [-0.1, -0.05) is 44.1 Å². The third-order valence-electron chi connectivity index (χ3n) is 10.0. The van der Waals surface area contributed by atoms with E-state index in [1.807, 2.05) is 0 Å². The van der Waals surface area contributed by atoms with Crippen molar-refractivity contribution in [3.8, 4) is 0 Å². The molecule has 0 aliphatic heterocycles. The lowest BCUT2D eigenvalue weighted by atomic mass is 9.45. The van der Waals surface area contributed by atoms with Gasteiger partial charge in [-0.05, 0) is 93.8 Å². The molecular weight excluding hydrogens is 372 g/mol. The van der Waals surface area contributed by atoms with Crippen molar-refractivity contribution in [2.24, 2.45) is 40.4 Å². The van der Waals surface area contributed by atoms with Crippen molar-refractivity contribution in [3.05, 3.63) is 23.3 Å². The van der Waals surface area contributed by atoms with Gasteiger partial charge in [-0.3, -0.25) is 0 Å². The van der Waals surface area contributed by atoms with Crippen molar-refractivity contribution in [2.75, 3.05) is 0 Å². The molecule has 4 rings (SSSR count). The Bertz CT molecular complexity index is 707. The minimum atomic E-state index is -0.556. The van der Waals surface area contributed by atoms with Crippen LogP contribution in [-0.2, 0) is 0 Å². The van der Waals surface area contributed by atoms with Crippen LogP contribution in [-0.4, -0.2) is 33.6 Å². The van der Waals surface area contributed by atoms with E-state index in [9.17, 15) is 15.3 Å². The molecular formula is C27H44O3. The summed E-state index contributed by atoms with van der Waals surface area (Å²) in [6, 6.07) is 0. The molecule has 3 N–H and O–H groups in total. The SMILES string of the molecule is CC(C)=CCC[C@@H](C)[C@H]1CC[C@H]2[C@@H]3CC=C4C[C@@H](O)C[C@H](O)[C@]4(C)[C@H]3[C@H](O)C[C@]12C. The molecule has 10 atom stereocenters. The highest BCUT2D eigenvalue weighted by Crippen LogP contribution is 2.67. The Morgan fingerprint density at radius 3 is 2.63 bits per heavy atom. The van der Waals surface area contributed by atoms with Crippen molar-refractivity contribution in [1.82, 2.24) is 0 Å². The first kappa shape index (κ1) is 22.6. The maximum Gasteiger partial charge on any atom is 0.0659 e. The second-order valence-corrected chi connectivity index (χ2v) is 12.0. The molecule has 0 saturated heterocycles. The average Bonchev–Trinajstić information content (AvgIpc) is 2.99. The highest BCUT2D eigenvalue weighted by molar-refractivity contribution is 5.28. The molecule has 0 aromatic heterocycles. The van der Waals surface area contributed by atoms with Crippen LogP contribution in [0.4, 0.5) is 0 Å². The Balaban J connectivity index is 1.59. The maximum atomic E-state index is 11.5. The fourth-order valence-electron chi connectivity index (χ4n) is 8.63. The molecule has 0 aromatic carbocycles. The third-order valence-corrected chi connectivity index (χ3v) is 10.0. The summed E-state index contributed by atoms with van der Waals surface area (Å²) in [4.78, 5) is 0. The molecule has 4 aliphatic rings. The van der Waals surface area contributed by atoms with Gasteiger partial charge in [0.05, 0.1) is 18.3 Å². The van der Waals surface area contributed by atoms with Crippen LogP contribution in [0.1, 0.15) is 86.0 Å². The summed E-state index contributed by atoms with van der Waals surface area (Å²) in [7, 11) is 0.